The number of nitrogens with zero attached hydrogens (tertiary/aromatic N) is 2. The predicted molar refractivity (Wildman–Crippen MR) is 123 cm³/mol. The van der Waals surface area contributed by atoms with E-state index in [2.05, 4.69) is 27.8 Å². The van der Waals surface area contributed by atoms with Gasteiger partial charge in [0.05, 0.1) is 18.0 Å². The van der Waals surface area contributed by atoms with Gasteiger partial charge in [-0.1, -0.05) is 24.3 Å². The van der Waals surface area contributed by atoms with E-state index in [4.69, 9.17) is 4.98 Å². The summed E-state index contributed by atoms with van der Waals surface area (Å²) in [6.45, 7) is 0.966. The molecule has 1 aromatic carbocycles. The summed E-state index contributed by atoms with van der Waals surface area (Å²) in [4.78, 5) is 33.0. The van der Waals surface area contributed by atoms with Gasteiger partial charge in [0.15, 0.2) is 0 Å². The largest absolute Gasteiger partial charge is 0.481 e. The molecule has 0 unspecified atom stereocenters. The fraction of sp³-hybridized carbons (Fsp3) is 0.360. The van der Waals surface area contributed by atoms with Crippen LogP contribution in [0.15, 0.2) is 48.7 Å². The monoisotopic (exact) mass is 432 g/mol. The first-order valence-electron chi connectivity index (χ1n) is 11.2. The number of aryl methyl sites for hydroxylation is 2. The van der Waals surface area contributed by atoms with Crippen LogP contribution in [0, 0.1) is 0 Å². The molecule has 4 rings (SSSR count). The Labute approximate surface area is 187 Å². The molecule has 2 aromatic heterocycles. The molecule has 166 valence electrons. The first-order chi connectivity index (χ1) is 15.6. The molecule has 0 aliphatic carbocycles. The Morgan fingerprint density at radius 2 is 2.03 bits per heavy atom. The summed E-state index contributed by atoms with van der Waals surface area (Å²) in [5.74, 6) is -0.118. The average Bonchev–Trinajstić information content (AvgIpc) is 2.80. The van der Waals surface area contributed by atoms with E-state index in [0.717, 1.165) is 54.6 Å². The van der Waals surface area contributed by atoms with Crippen molar-refractivity contribution in [1.29, 1.82) is 0 Å². The second kappa shape index (κ2) is 10.2. The predicted octanol–water partition coefficient (Wildman–Crippen LogP) is 4.03. The van der Waals surface area contributed by atoms with Crippen molar-refractivity contribution in [3.05, 3.63) is 65.5 Å². The summed E-state index contributed by atoms with van der Waals surface area (Å²) in [6, 6.07) is 13.1. The van der Waals surface area contributed by atoms with Crippen molar-refractivity contribution in [3.63, 3.8) is 0 Å². The zero-order valence-electron chi connectivity index (χ0n) is 18.0. The van der Waals surface area contributed by atoms with E-state index in [1.165, 1.54) is 5.56 Å². The van der Waals surface area contributed by atoms with Crippen LogP contribution in [-0.4, -0.2) is 33.5 Å². The molecule has 0 spiro atoms. The molecule has 0 fully saturated rings. The lowest BCUT2D eigenvalue weighted by molar-refractivity contribution is -0.137. The van der Waals surface area contributed by atoms with Crippen LogP contribution in [0.25, 0.3) is 10.9 Å². The molecule has 3 N–H and O–H groups in total. The van der Waals surface area contributed by atoms with Gasteiger partial charge in [-0.05, 0) is 61.4 Å². The van der Waals surface area contributed by atoms with E-state index in [-0.39, 0.29) is 12.3 Å². The number of rotatable bonds is 9. The number of pyridine rings is 2. The van der Waals surface area contributed by atoms with E-state index < -0.39 is 12.0 Å². The van der Waals surface area contributed by atoms with Gasteiger partial charge in [0.2, 0.25) is 5.91 Å². The number of anilines is 1. The number of aromatic nitrogens is 2. The number of benzene rings is 1. The van der Waals surface area contributed by atoms with Gasteiger partial charge in [0, 0.05) is 30.2 Å². The maximum Gasteiger partial charge on any atom is 0.305 e. The number of carbonyl (C=O) groups excluding carboxylic acids is 1. The summed E-state index contributed by atoms with van der Waals surface area (Å²) in [7, 11) is 0. The normalized spacial score (nSPS) is 13.8. The van der Waals surface area contributed by atoms with Gasteiger partial charge >= 0.3 is 5.97 Å². The molecule has 3 heterocycles. The van der Waals surface area contributed by atoms with Gasteiger partial charge in [0.1, 0.15) is 5.82 Å². The summed E-state index contributed by atoms with van der Waals surface area (Å²) in [6.07, 6.45) is 6.40. The van der Waals surface area contributed by atoms with E-state index in [0.29, 0.717) is 18.4 Å². The van der Waals surface area contributed by atoms with Crippen LogP contribution in [0.2, 0.25) is 0 Å². The topological polar surface area (TPSA) is 104 Å². The van der Waals surface area contributed by atoms with Crippen molar-refractivity contribution in [2.75, 3.05) is 11.9 Å². The molecular formula is C25H28N4O3. The van der Waals surface area contributed by atoms with Crippen molar-refractivity contribution in [3.8, 4) is 0 Å². The zero-order chi connectivity index (χ0) is 22.3. The molecule has 1 aliphatic heterocycles. The number of hydrogen-bond donors (Lipinski definition) is 3. The minimum absolute atomic E-state index is 0.149. The number of para-hydroxylation sites is 1. The summed E-state index contributed by atoms with van der Waals surface area (Å²) in [5, 5.41) is 16.5. The smallest absolute Gasteiger partial charge is 0.305 e. The first kappa shape index (κ1) is 21.7. The van der Waals surface area contributed by atoms with Gasteiger partial charge in [0.25, 0.3) is 0 Å². The fourth-order valence-corrected chi connectivity index (χ4v) is 4.07. The average molecular weight is 433 g/mol. The van der Waals surface area contributed by atoms with Crippen molar-refractivity contribution in [2.24, 2.45) is 0 Å². The molecular weight excluding hydrogens is 404 g/mol. The third-order valence-electron chi connectivity index (χ3n) is 5.77. The second-order valence-electron chi connectivity index (χ2n) is 8.23. The zero-order valence-corrected chi connectivity index (χ0v) is 18.0. The quantitative estimate of drug-likeness (QED) is 0.441. The highest BCUT2D eigenvalue weighted by molar-refractivity contribution is 5.80. The van der Waals surface area contributed by atoms with Crippen molar-refractivity contribution in [1.82, 2.24) is 15.3 Å². The molecule has 0 bridgehead atoms. The lowest BCUT2D eigenvalue weighted by Crippen LogP contribution is -2.30. The van der Waals surface area contributed by atoms with Crippen LogP contribution in [0.3, 0.4) is 0 Å². The molecule has 3 aromatic rings. The van der Waals surface area contributed by atoms with Crippen LogP contribution >= 0.6 is 0 Å². The number of carboxylic acid groups (broad SMARTS) is 1. The number of nitrogens with one attached hydrogen (secondary N) is 2. The van der Waals surface area contributed by atoms with E-state index in [9.17, 15) is 14.7 Å². The van der Waals surface area contributed by atoms with Crippen LogP contribution in [0.4, 0.5) is 5.82 Å². The van der Waals surface area contributed by atoms with Gasteiger partial charge < -0.3 is 15.7 Å². The number of carbonyl (C=O) groups is 2. The molecule has 1 atom stereocenters. The van der Waals surface area contributed by atoms with Crippen molar-refractivity contribution in [2.45, 2.75) is 51.0 Å². The number of amides is 1. The summed E-state index contributed by atoms with van der Waals surface area (Å²) < 4.78 is 0. The Kier molecular flexibility index (Phi) is 6.94. The van der Waals surface area contributed by atoms with Crippen LogP contribution < -0.4 is 10.6 Å². The molecule has 0 saturated heterocycles. The van der Waals surface area contributed by atoms with Crippen molar-refractivity contribution >= 4 is 28.6 Å². The summed E-state index contributed by atoms with van der Waals surface area (Å²) >= 11 is 0. The Balaban J connectivity index is 1.30. The highest BCUT2D eigenvalue weighted by atomic mass is 16.4. The molecule has 0 radical (unpaired) electrons. The fourth-order valence-electron chi connectivity index (χ4n) is 4.07. The van der Waals surface area contributed by atoms with Crippen LogP contribution in [-0.2, 0) is 22.4 Å². The minimum Gasteiger partial charge on any atom is -0.481 e. The first-order valence-corrected chi connectivity index (χ1v) is 11.2. The maximum atomic E-state index is 12.5. The Bertz CT molecular complexity index is 1120. The molecule has 1 amide bonds. The second-order valence-corrected chi connectivity index (χ2v) is 8.23. The van der Waals surface area contributed by atoms with Gasteiger partial charge in [-0.2, -0.15) is 0 Å². The lowest BCUT2D eigenvalue weighted by atomic mass is 10.0. The molecule has 7 nitrogen and oxygen atoms in total. The molecule has 1 aliphatic rings. The molecule has 0 saturated carbocycles. The maximum absolute atomic E-state index is 12.5. The van der Waals surface area contributed by atoms with Crippen molar-refractivity contribution < 1.29 is 14.7 Å². The Hall–Kier alpha value is -3.48. The van der Waals surface area contributed by atoms with Crippen LogP contribution in [0.1, 0.15) is 55.0 Å². The SMILES string of the molecule is O=C(O)C[C@@H](NC(=O)CCCCc1ccc2c(n1)NCCC2)c1cnc2ccccc2c1. The standard InChI is InChI=1S/C25H28N4O3/c30-23(10-4-2-8-20-12-11-17-7-5-13-26-25(17)28-20)29-22(15-24(31)32)19-14-18-6-1-3-9-21(18)27-16-19/h1,3,6,9,11-12,14,16,22H,2,4-5,7-8,10,13,15H2,(H,26,28)(H,29,30)(H,31,32)/t22-/m1/s1. The highest BCUT2D eigenvalue weighted by Gasteiger charge is 2.19. The Morgan fingerprint density at radius 1 is 1.16 bits per heavy atom. The summed E-state index contributed by atoms with van der Waals surface area (Å²) in [5.41, 5.74) is 3.84. The lowest BCUT2D eigenvalue weighted by Gasteiger charge is -2.18. The number of carboxylic acids is 1. The highest BCUT2D eigenvalue weighted by Crippen LogP contribution is 2.22. The molecule has 32 heavy (non-hydrogen) atoms. The van der Waals surface area contributed by atoms with Gasteiger partial charge in [-0.25, -0.2) is 4.98 Å². The van der Waals surface area contributed by atoms with Gasteiger partial charge in [-0.15, -0.1) is 0 Å². The third kappa shape index (κ3) is 5.60. The van der Waals surface area contributed by atoms with Gasteiger partial charge in [-0.3, -0.25) is 14.6 Å². The van der Waals surface area contributed by atoms with E-state index >= 15 is 0 Å². The number of fused-ring (bicyclic) bond motifs is 2. The minimum atomic E-state index is -0.962. The molecule has 7 heteroatoms. The number of hydrogen-bond acceptors (Lipinski definition) is 5. The third-order valence-corrected chi connectivity index (χ3v) is 5.77. The number of unbranched alkanes of at least 4 members (excludes halogenated alkanes) is 1. The van der Waals surface area contributed by atoms with E-state index in [1.807, 2.05) is 30.3 Å². The van der Waals surface area contributed by atoms with E-state index in [1.54, 1.807) is 6.20 Å². The number of aliphatic carboxylic acids is 1. The van der Waals surface area contributed by atoms with Crippen LogP contribution in [0.5, 0.6) is 0 Å². The Morgan fingerprint density at radius 3 is 2.91 bits per heavy atom.